The monoisotopic (exact) mass is 228 g/mol. The predicted octanol–water partition coefficient (Wildman–Crippen LogP) is 2.45. The number of nitrogens with one attached hydrogen (secondary N) is 1. The van der Waals surface area contributed by atoms with E-state index in [0.717, 1.165) is 17.7 Å². The van der Waals surface area contributed by atoms with E-state index in [4.69, 9.17) is 0 Å². The van der Waals surface area contributed by atoms with Crippen LogP contribution in [-0.4, -0.2) is 23.0 Å². The number of hydrogen-bond donors (Lipinski definition) is 1. The summed E-state index contributed by atoms with van der Waals surface area (Å²) >= 11 is 1.84. The molecule has 1 unspecified atom stereocenters. The zero-order valence-corrected chi connectivity index (χ0v) is 9.98. The van der Waals surface area contributed by atoms with Crippen molar-refractivity contribution in [1.82, 2.24) is 10.3 Å². The number of rotatable bonds is 6. The first-order chi connectivity index (χ1) is 7.22. The molecule has 1 aromatic rings. The Morgan fingerprint density at radius 3 is 3.00 bits per heavy atom. The summed E-state index contributed by atoms with van der Waals surface area (Å²) in [5.74, 6) is 0.876. The average molecular weight is 228 g/mol. The highest BCUT2D eigenvalue weighted by Crippen LogP contribution is 2.03. The first-order valence-electron chi connectivity index (χ1n) is 5.04. The highest BCUT2D eigenvalue weighted by molar-refractivity contribution is 7.98. The van der Waals surface area contributed by atoms with Crippen molar-refractivity contribution >= 4 is 11.8 Å². The van der Waals surface area contributed by atoms with E-state index in [9.17, 15) is 4.39 Å². The van der Waals surface area contributed by atoms with Gasteiger partial charge in [-0.2, -0.15) is 11.8 Å². The van der Waals surface area contributed by atoms with Crippen LogP contribution in [0.15, 0.2) is 18.5 Å². The van der Waals surface area contributed by atoms with Crippen LogP contribution in [0.3, 0.4) is 0 Å². The van der Waals surface area contributed by atoms with Crippen LogP contribution in [0.25, 0.3) is 0 Å². The molecule has 0 aliphatic rings. The van der Waals surface area contributed by atoms with Crippen LogP contribution < -0.4 is 5.32 Å². The molecule has 0 amide bonds. The Kier molecular flexibility index (Phi) is 5.65. The maximum Gasteiger partial charge on any atom is 0.141 e. The molecular formula is C11H17FN2S. The molecule has 0 saturated heterocycles. The Bertz CT molecular complexity index is 294. The van der Waals surface area contributed by atoms with Crippen molar-refractivity contribution in [3.63, 3.8) is 0 Å². The van der Waals surface area contributed by atoms with E-state index < -0.39 is 0 Å². The predicted molar refractivity (Wildman–Crippen MR) is 63.5 cm³/mol. The second kappa shape index (κ2) is 6.80. The Labute approximate surface area is 94.7 Å². The molecule has 15 heavy (non-hydrogen) atoms. The largest absolute Gasteiger partial charge is 0.310 e. The minimum Gasteiger partial charge on any atom is -0.310 e. The Morgan fingerprint density at radius 2 is 2.33 bits per heavy atom. The summed E-state index contributed by atoms with van der Waals surface area (Å²) in [5.41, 5.74) is 0.894. The third kappa shape index (κ3) is 5.14. The van der Waals surface area contributed by atoms with Gasteiger partial charge in [0.25, 0.3) is 0 Å². The Balaban J connectivity index is 2.30. The van der Waals surface area contributed by atoms with Crippen LogP contribution in [0.2, 0.25) is 0 Å². The number of nitrogens with zero attached hydrogens (tertiary/aromatic N) is 1. The molecule has 1 atom stereocenters. The zero-order chi connectivity index (χ0) is 11.1. The molecule has 2 nitrogen and oxygen atoms in total. The fourth-order valence-electron chi connectivity index (χ4n) is 1.24. The van der Waals surface area contributed by atoms with Gasteiger partial charge in [-0.25, -0.2) is 4.39 Å². The van der Waals surface area contributed by atoms with Crippen LogP contribution >= 0.6 is 11.8 Å². The smallest absolute Gasteiger partial charge is 0.141 e. The molecule has 1 rings (SSSR count). The van der Waals surface area contributed by atoms with Gasteiger partial charge < -0.3 is 5.32 Å². The molecule has 0 radical (unpaired) electrons. The molecule has 0 aliphatic heterocycles. The average Bonchev–Trinajstić information content (AvgIpc) is 2.23. The summed E-state index contributed by atoms with van der Waals surface area (Å²) in [7, 11) is 0. The highest BCUT2D eigenvalue weighted by Gasteiger charge is 2.01. The van der Waals surface area contributed by atoms with Gasteiger partial charge in [0.1, 0.15) is 5.82 Å². The maximum absolute atomic E-state index is 12.8. The van der Waals surface area contributed by atoms with Crippen LogP contribution in [0, 0.1) is 5.82 Å². The molecule has 4 heteroatoms. The number of halogens is 1. The van der Waals surface area contributed by atoms with E-state index in [2.05, 4.69) is 23.5 Å². The molecule has 1 N–H and O–H groups in total. The lowest BCUT2D eigenvalue weighted by molar-refractivity contribution is 0.533. The van der Waals surface area contributed by atoms with Gasteiger partial charge in [-0.05, 0) is 37.0 Å². The van der Waals surface area contributed by atoms with Crippen molar-refractivity contribution in [3.8, 4) is 0 Å². The van der Waals surface area contributed by atoms with E-state index >= 15 is 0 Å². The Morgan fingerprint density at radius 1 is 1.53 bits per heavy atom. The lowest BCUT2D eigenvalue weighted by atomic mass is 10.2. The van der Waals surface area contributed by atoms with E-state index in [1.807, 2.05) is 11.8 Å². The molecule has 1 heterocycles. The fourth-order valence-corrected chi connectivity index (χ4v) is 1.83. The van der Waals surface area contributed by atoms with E-state index in [-0.39, 0.29) is 5.82 Å². The number of hydrogen-bond acceptors (Lipinski definition) is 3. The topological polar surface area (TPSA) is 24.9 Å². The second-order valence-corrected chi connectivity index (χ2v) is 4.56. The minimum atomic E-state index is -0.272. The van der Waals surface area contributed by atoms with Gasteiger partial charge in [-0.1, -0.05) is 0 Å². The summed E-state index contributed by atoms with van der Waals surface area (Å²) in [6.07, 6.45) is 6.14. The van der Waals surface area contributed by atoms with Crippen LogP contribution in [0.4, 0.5) is 4.39 Å². The molecule has 0 saturated carbocycles. The zero-order valence-electron chi connectivity index (χ0n) is 9.16. The van der Waals surface area contributed by atoms with Crippen LogP contribution in [0.1, 0.15) is 18.9 Å². The van der Waals surface area contributed by atoms with Crippen molar-refractivity contribution < 1.29 is 4.39 Å². The Hall–Kier alpha value is -0.610. The van der Waals surface area contributed by atoms with Crippen LogP contribution in [-0.2, 0) is 6.54 Å². The molecule has 1 aromatic heterocycles. The summed E-state index contributed by atoms with van der Waals surface area (Å²) < 4.78 is 12.8. The number of pyridine rings is 1. The van der Waals surface area contributed by atoms with Gasteiger partial charge >= 0.3 is 0 Å². The van der Waals surface area contributed by atoms with Crippen molar-refractivity contribution in [2.45, 2.75) is 25.9 Å². The van der Waals surface area contributed by atoms with Gasteiger partial charge in [0.2, 0.25) is 0 Å². The van der Waals surface area contributed by atoms with Crippen molar-refractivity contribution in [3.05, 3.63) is 29.8 Å². The standard InChI is InChI=1S/C11H17FN2S/c1-9(3-4-15-2)14-7-10-5-11(12)8-13-6-10/h5-6,8-9,14H,3-4,7H2,1-2H3. The van der Waals surface area contributed by atoms with E-state index in [0.29, 0.717) is 12.6 Å². The minimum absolute atomic E-state index is 0.272. The normalized spacial score (nSPS) is 12.7. The van der Waals surface area contributed by atoms with E-state index in [1.54, 1.807) is 6.20 Å². The lowest BCUT2D eigenvalue weighted by Crippen LogP contribution is -2.26. The molecule has 0 aromatic carbocycles. The second-order valence-electron chi connectivity index (χ2n) is 3.57. The highest BCUT2D eigenvalue weighted by atomic mass is 32.2. The molecule has 84 valence electrons. The molecule has 0 spiro atoms. The van der Waals surface area contributed by atoms with Gasteiger partial charge in [-0.15, -0.1) is 0 Å². The number of aromatic nitrogens is 1. The van der Waals surface area contributed by atoms with Crippen LogP contribution in [0.5, 0.6) is 0 Å². The third-order valence-corrected chi connectivity index (χ3v) is 2.82. The van der Waals surface area contributed by atoms with Gasteiger partial charge in [0.15, 0.2) is 0 Å². The van der Waals surface area contributed by atoms with E-state index in [1.165, 1.54) is 12.3 Å². The quantitative estimate of drug-likeness (QED) is 0.809. The SMILES string of the molecule is CSCCC(C)NCc1cncc(F)c1. The third-order valence-electron chi connectivity index (χ3n) is 2.17. The van der Waals surface area contributed by atoms with Crippen molar-refractivity contribution in [1.29, 1.82) is 0 Å². The molecule has 0 aliphatic carbocycles. The van der Waals surface area contributed by atoms with Gasteiger partial charge in [0, 0.05) is 18.8 Å². The first kappa shape index (κ1) is 12.5. The maximum atomic E-state index is 12.8. The van der Waals surface area contributed by atoms with Gasteiger partial charge in [0.05, 0.1) is 6.20 Å². The molecule has 0 fully saturated rings. The van der Waals surface area contributed by atoms with Crippen molar-refractivity contribution in [2.75, 3.05) is 12.0 Å². The number of thioether (sulfide) groups is 1. The van der Waals surface area contributed by atoms with Crippen molar-refractivity contribution in [2.24, 2.45) is 0 Å². The lowest BCUT2D eigenvalue weighted by Gasteiger charge is -2.12. The summed E-state index contributed by atoms with van der Waals surface area (Å²) in [6, 6.07) is 1.97. The molecule has 0 bridgehead atoms. The fraction of sp³-hybridized carbons (Fsp3) is 0.545. The molecular weight excluding hydrogens is 211 g/mol. The summed E-state index contributed by atoms with van der Waals surface area (Å²) in [6.45, 7) is 2.82. The summed E-state index contributed by atoms with van der Waals surface area (Å²) in [5, 5.41) is 3.34. The summed E-state index contributed by atoms with van der Waals surface area (Å²) in [4.78, 5) is 3.81. The van der Waals surface area contributed by atoms with Gasteiger partial charge in [-0.3, -0.25) is 4.98 Å². The first-order valence-corrected chi connectivity index (χ1v) is 6.43.